The van der Waals surface area contributed by atoms with Crippen molar-refractivity contribution in [2.75, 3.05) is 5.01 Å². The van der Waals surface area contributed by atoms with E-state index in [1.54, 1.807) is 0 Å². The highest BCUT2D eigenvalue weighted by atomic mass is 16.3. The number of hydrogen-bond acceptors (Lipinski definition) is 3. The number of rotatable bonds is 1. The number of carbonyl (C=O) groups is 1. The van der Waals surface area contributed by atoms with Crippen LogP contribution in [0.5, 0.6) is 0 Å². The molecule has 1 saturated heterocycles. The van der Waals surface area contributed by atoms with Crippen LogP contribution in [0.2, 0.25) is 0 Å². The van der Waals surface area contributed by atoms with Crippen molar-refractivity contribution in [2.45, 2.75) is 32.5 Å². The van der Waals surface area contributed by atoms with Gasteiger partial charge >= 0.3 is 0 Å². The van der Waals surface area contributed by atoms with Crippen LogP contribution in [0.25, 0.3) is 0 Å². The average molecular weight is 220 g/mol. The van der Waals surface area contributed by atoms with Crippen LogP contribution in [-0.4, -0.2) is 28.3 Å². The van der Waals surface area contributed by atoms with Gasteiger partial charge in [0.2, 0.25) is 5.91 Å². The standard InChI is InChI=1S/C12H16N2O2/c1-9-8-12(16)14(10(2)15)13(9)11-6-4-3-5-7-11/h3-7,9,12,16H,8H2,1-2H3/t9-,12-/m0/s1. The van der Waals surface area contributed by atoms with Gasteiger partial charge in [-0.1, -0.05) is 18.2 Å². The predicted octanol–water partition coefficient (Wildman–Crippen LogP) is 1.37. The molecule has 1 amide bonds. The number of carbonyl (C=O) groups excluding carboxylic acids is 1. The maximum Gasteiger partial charge on any atom is 0.240 e. The van der Waals surface area contributed by atoms with E-state index in [1.807, 2.05) is 42.3 Å². The van der Waals surface area contributed by atoms with Gasteiger partial charge in [-0.3, -0.25) is 9.80 Å². The predicted molar refractivity (Wildman–Crippen MR) is 61.5 cm³/mol. The van der Waals surface area contributed by atoms with Gasteiger partial charge in [-0.2, -0.15) is 0 Å². The summed E-state index contributed by atoms with van der Waals surface area (Å²) in [5.41, 5.74) is 0.932. The van der Waals surface area contributed by atoms with Crippen molar-refractivity contribution in [1.29, 1.82) is 0 Å². The molecule has 2 rings (SSSR count). The lowest BCUT2D eigenvalue weighted by Crippen LogP contribution is -2.46. The first-order valence-corrected chi connectivity index (χ1v) is 5.43. The molecular weight excluding hydrogens is 204 g/mol. The van der Waals surface area contributed by atoms with Crippen molar-refractivity contribution in [3.63, 3.8) is 0 Å². The molecule has 0 unspecified atom stereocenters. The number of aliphatic hydroxyl groups excluding tert-OH is 1. The fourth-order valence-corrected chi connectivity index (χ4v) is 2.18. The summed E-state index contributed by atoms with van der Waals surface area (Å²) in [7, 11) is 0. The Balaban J connectivity index is 2.34. The summed E-state index contributed by atoms with van der Waals surface area (Å²) >= 11 is 0. The molecule has 1 aliphatic rings. The largest absolute Gasteiger partial charge is 0.372 e. The van der Waals surface area contributed by atoms with E-state index in [0.717, 1.165) is 5.69 Å². The molecule has 0 spiro atoms. The molecule has 1 aromatic rings. The first-order valence-electron chi connectivity index (χ1n) is 5.43. The molecule has 0 saturated carbocycles. The number of hydrogen-bond donors (Lipinski definition) is 1. The fraction of sp³-hybridized carbons (Fsp3) is 0.417. The van der Waals surface area contributed by atoms with Gasteiger partial charge in [0.05, 0.1) is 11.7 Å². The first-order chi connectivity index (χ1) is 7.61. The molecule has 1 aromatic carbocycles. The SMILES string of the molecule is CC(=O)N1[C@@H](O)C[C@H](C)N1c1ccccc1. The van der Waals surface area contributed by atoms with Gasteiger partial charge in [-0.15, -0.1) is 0 Å². The highest BCUT2D eigenvalue weighted by Crippen LogP contribution is 2.29. The Morgan fingerprint density at radius 2 is 2.00 bits per heavy atom. The van der Waals surface area contributed by atoms with Crippen LogP contribution in [0.1, 0.15) is 20.3 Å². The number of para-hydroxylation sites is 1. The quantitative estimate of drug-likeness (QED) is 0.777. The third kappa shape index (κ3) is 1.76. The van der Waals surface area contributed by atoms with Gasteiger partial charge in [0.1, 0.15) is 0 Å². The molecule has 1 N–H and O–H groups in total. The van der Waals surface area contributed by atoms with E-state index in [0.29, 0.717) is 6.42 Å². The van der Waals surface area contributed by atoms with Crippen molar-refractivity contribution >= 4 is 11.6 Å². The molecule has 0 aromatic heterocycles. The number of nitrogens with zero attached hydrogens (tertiary/aromatic N) is 2. The van der Waals surface area contributed by atoms with Crippen molar-refractivity contribution in [3.8, 4) is 0 Å². The third-order valence-electron chi connectivity index (χ3n) is 2.83. The number of aliphatic hydroxyl groups is 1. The number of anilines is 1. The second-order valence-electron chi connectivity index (χ2n) is 4.11. The molecule has 2 atom stereocenters. The maximum atomic E-state index is 11.5. The van der Waals surface area contributed by atoms with E-state index in [4.69, 9.17) is 0 Å². The average Bonchev–Trinajstić information content (AvgIpc) is 2.55. The normalized spacial score (nSPS) is 24.9. The number of amides is 1. The monoisotopic (exact) mass is 220 g/mol. The van der Waals surface area contributed by atoms with Crippen molar-refractivity contribution in [3.05, 3.63) is 30.3 Å². The maximum absolute atomic E-state index is 11.5. The minimum absolute atomic E-state index is 0.126. The summed E-state index contributed by atoms with van der Waals surface area (Å²) in [5, 5.41) is 13.1. The van der Waals surface area contributed by atoms with Crippen molar-refractivity contribution < 1.29 is 9.90 Å². The molecule has 4 heteroatoms. The van der Waals surface area contributed by atoms with Crippen molar-refractivity contribution in [1.82, 2.24) is 5.01 Å². The highest BCUT2D eigenvalue weighted by Gasteiger charge is 2.37. The van der Waals surface area contributed by atoms with Crippen LogP contribution >= 0.6 is 0 Å². The van der Waals surface area contributed by atoms with E-state index in [2.05, 4.69) is 0 Å². The molecule has 1 aliphatic heterocycles. The lowest BCUT2D eigenvalue weighted by atomic mass is 10.2. The van der Waals surface area contributed by atoms with Crippen LogP contribution in [-0.2, 0) is 4.79 Å². The number of hydrazine groups is 1. The minimum Gasteiger partial charge on any atom is -0.372 e. The summed E-state index contributed by atoms with van der Waals surface area (Å²) < 4.78 is 0. The van der Waals surface area contributed by atoms with Crippen LogP contribution in [0.15, 0.2) is 30.3 Å². The zero-order valence-corrected chi connectivity index (χ0v) is 9.50. The van der Waals surface area contributed by atoms with E-state index in [1.165, 1.54) is 11.9 Å². The highest BCUT2D eigenvalue weighted by molar-refractivity contribution is 5.76. The Hall–Kier alpha value is -1.55. The molecule has 0 radical (unpaired) electrons. The van der Waals surface area contributed by atoms with Crippen molar-refractivity contribution in [2.24, 2.45) is 0 Å². The van der Waals surface area contributed by atoms with Gasteiger partial charge in [-0.25, -0.2) is 5.01 Å². The van der Waals surface area contributed by atoms with Crippen LogP contribution in [0.4, 0.5) is 5.69 Å². The molecule has 0 bridgehead atoms. The zero-order chi connectivity index (χ0) is 11.7. The summed E-state index contributed by atoms with van der Waals surface area (Å²) in [5.74, 6) is -0.138. The number of benzene rings is 1. The third-order valence-corrected chi connectivity index (χ3v) is 2.83. The lowest BCUT2D eigenvalue weighted by molar-refractivity contribution is -0.136. The molecule has 1 heterocycles. The Kier molecular flexibility index (Phi) is 2.83. The van der Waals surface area contributed by atoms with E-state index in [-0.39, 0.29) is 11.9 Å². The smallest absolute Gasteiger partial charge is 0.240 e. The second kappa shape index (κ2) is 4.14. The van der Waals surface area contributed by atoms with Gasteiger partial charge in [0, 0.05) is 13.3 Å². The Morgan fingerprint density at radius 1 is 1.38 bits per heavy atom. The van der Waals surface area contributed by atoms with Crippen LogP contribution < -0.4 is 5.01 Å². The fourth-order valence-electron chi connectivity index (χ4n) is 2.18. The Bertz CT molecular complexity index is 380. The lowest BCUT2D eigenvalue weighted by Gasteiger charge is -2.33. The van der Waals surface area contributed by atoms with Gasteiger partial charge < -0.3 is 5.11 Å². The minimum atomic E-state index is -0.715. The molecule has 0 aliphatic carbocycles. The van der Waals surface area contributed by atoms with E-state index < -0.39 is 6.23 Å². The summed E-state index contributed by atoms with van der Waals surface area (Å²) in [6.07, 6.45) is -0.137. The van der Waals surface area contributed by atoms with Gasteiger partial charge in [-0.05, 0) is 19.1 Å². The Morgan fingerprint density at radius 3 is 2.56 bits per heavy atom. The van der Waals surface area contributed by atoms with E-state index >= 15 is 0 Å². The molecule has 1 fully saturated rings. The van der Waals surface area contributed by atoms with Gasteiger partial charge in [0.15, 0.2) is 6.23 Å². The van der Waals surface area contributed by atoms with E-state index in [9.17, 15) is 9.90 Å². The second-order valence-corrected chi connectivity index (χ2v) is 4.11. The summed E-state index contributed by atoms with van der Waals surface area (Å²) in [6, 6.07) is 9.77. The Labute approximate surface area is 95.1 Å². The van der Waals surface area contributed by atoms with Gasteiger partial charge in [0.25, 0.3) is 0 Å². The molecule has 86 valence electrons. The zero-order valence-electron chi connectivity index (χ0n) is 9.50. The molecule has 4 nitrogen and oxygen atoms in total. The van der Waals surface area contributed by atoms with Crippen LogP contribution in [0, 0.1) is 0 Å². The molecular formula is C12H16N2O2. The van der Waals surface area contributed by atoms with Crippen LogP contribution in [0.3, 0.4) is 0 Å². The molecule has 16 heavy (non-hydrogen) atoms. The summed E-state index contributed by atoms with van der Waals surface area (Å²) in [4.78, 5) is 11.5. The topological polar surface area (TPSA) is 43.8 Å². The summed E-state index contributed by atoms with van der Waals surface area (Å²) in [6.45, 7) is 3.47. The first kappa shape index (κ1) is 11.0.